The highest BCUT2D eigenvalue weighted by Crippen LogP contribution is 2.22. The van der Waals surface area contributed by atoms with E-state index in [1.807, 2.05) is 0 Å². The average molecular weight is 322 g/mol. The summed E-state index contributed by atoms with van der Waals surface area (Å²) >= 11 is 0. The number of carbonyl (C=O) groups excluding carboxylic acids is 2. The molecule has 4 heteroatoms. The molecule has 0 radical (unpaired) electrons. The van der Waals surface area contributed by atoms with Gasteiger partial charge >= 0.3 is 5.97 Å². The molecule has 1 rings (SSSR count). The predicted molar refractivity (Wildman–Crippen MR) is 90.3 cm³/mol. The third-order valence-corrected chi connectivity index (χ3v) is 4.50. The third-order valence-electron chi connectivity index (χ3n) is 4.50. The zero-order valence-electron chi connectivity index (χ0n) is 14.1. The Labute approximate surface area is 139 Å². The van der Waals surface area contributed by atoms with Crippen LogP contribution < -0.4 is 0 Å². The van der Waals surface area contributed by atoms with E-state index < -0.39 is 5.97 Å². The average Bonchev–Trinajstić information content (AvgIpc) is 2.50. The molecule has 0 saturated carbocycles. The zero-order chi connectivity index (χ0) is 16.9. The Morgan fingerprint density at radius 1 is 0.913 bits per heavy atom. The first-order valence-corrected chi connectivity index (χ1v) is 9.03. The molecule has 130 valence electrons. The highest BCUT2D eigenvalue weighted by Gasteiger charge is 2.16. The van der Waals surface area contributed by atoms with E-state index in [0.717, 1.165) is 38.5 Å². The summed E-state index contributed by atoms with van der Waals surface area (Å²) in [5.41, 5.74) is 0. The second kappa shape index (κ2) is 12.0. The van der Waals surface area contributed by atoms with E-state index in [1.165, 1.54) is 37.8 Å². The lowest BCUT2D eigenvalue weighted by molar-refractivity contribution is -0.137. The smallest absolute Gasteiger partial charge is 0.303 e. The molecule has 0 spiro atoms. The molecule has 1 unspecified atom stereocenters. The second-order valence-electron chi connectivity index (χ2n) is 6.64. The largest absolute Gasteiger partial charge is 0.481 e. The van der Waals surface area contributed by atoms with Crippen LogP contribution in [-0.4, -0.2) is 22.6 Å². The van der Waals surface area contributed by atoms with Crippen molar-refractivity contribution in [2.24, 2.45) is 5.92 Å². The maximum Gasteiger partial charge on any atom is 0.303 e. The Kier molecular flexibility index (Phi) is 10.3. The van der Waals surface area contributed by atoms with Crippen LogP contribution in [-0.2, 0) is 14.4 Å². The summed E-state index contributed by atoms with van der Waals surface area (Å²) in [6.45, 7) is 0. The standard InChI is InChI=1S/C19H30O4/c20-17-12-11-16(15-18(21)14-13-17)9-7-5-3-1-2-4-6-8-10-19(22)23/h13-14,16H,1-12,15H2,(H,22,23). The number of unbranched alkanes of at least 4 members (excludes halogenated alkanes) is 7. The lowest BCUT2D eigenvalue weighted by atomic mass is 9.88. The minimum absolute atomic E-state index is 0.0750. The van der Waals surface area contributed by atoms with Crippen molar-refractivity contribution in [1.82, 2.24) is 0 Å². The number of allylic oxidation sites excluding steroid dienone is 2. The molecule has 1 aliphatic rings. The highest BCUT2D eigenvalue weighted by atomic mass is 16.4. The number of rotatable bonds is 11. The highest BCUT2D eigenvalue weighted by molar-refractivity contribution is 5.99. The van der Waals surface area contributed by atoms with E-state index >= 15 is 0 Å². The van der Waals surface area contributed by atoms with Crippen LogP contribution in [0, 0.1) is 5.92 Å². The lowest BCUT2D eigenvalue weighted by Gasteiger charge is -2.16. The minimum atomic E-state index is -0.699. The van der Waals surface area contributed by atoms with E-state index in [-0.39, 0.29) is 18.0 Å². The van der Waals surface area contributed by atoms with E-state index in [0.29, 0.717) is 18.8 Å². The van der Waals surface area contributed by atoms with E-state index in [2.05, 4.69) is 0 Å². The fraction of sp³-hybridized carbons (Fsp3) is 0.737. The van der Waals surface area contributed by atoms with Crippen molar-refractivity contribution >= 4 is 17.5 Å². The van der Waals surface area contributed by atoms with Crippen molar-refractivity contribution in [3.05, 3.63) is 12.2 Å². The SMILES string of the molecule is O=C(O)CCCCCCCCCCC1CCC(=O)C=CC(=O)C1. The van der Waals surface area contributed by atoms with Crippen molar-refractivity contribution in [2.45, 2.75) is 83.5 Å². The molecule has 0 heterocycles. The number of ketones is 2. The maximum absolute atomic E-state index is 11.6. The molecule has 0 fully saturated rings. The van der Waals surface area contributed by atoms with E-state index in [4.69, 9.17) is 5.11 Å². The van der Waals surface area contributed by atoms with Gasteiger partial charge in [-0.3, -0.25) is 14.4 Å². The molecule has 1 aliphatic carbocycles. The molecule has 0 amide bonds. The Balaban J connectivity index is 1.98. The topological polar surface area (TPSA) is 71.4 Å². The van der Waals surface area contributed by atoms with Crippen LogP contribution in [0.1, 0.15) is 83.5 Å². The number of aliphatic carboxylic acids is 1. The zero-order valence-corrected chi connectivity index (χ0v) is 14.1. The van der Waals surface area contributed by atoms with Gasteiger partial charge in [0.2, 0.25) is 0 Å². The quantitative estimate of drug-likeness (QED) is 0.570. The molecule has 0 bridgehead atoms. The number of carboxylic acids is 1. The van der Waals surface area contributed by atoms with Crippen LogP contribution in [0.2, 0.25) is 0 Å². The van der Waals surface area contributed by atoms with Crippen LogP contribution in [0.15, 0.2) is 12.2 Å². The van der Waals surface area contributed by atoms with Gasteiger partial charge in [0.15, 0.2) is 11.6 Å². The molecule has 0 aromatic rings. The van der Waals surface area contributed by atoms with Gasteiger partial charge in [-0.25, -0.2) is 0 Å². The van der Waals surface area contributed by atoms with Crippen molar-refractivity contribution in [2.75, 3.05) is 0 Å². The molecule has 1 atom stereocenters. The van der Waals surface area contributed by atoms with Crippen LogP contribution in [0.4, 0.5) is 0 Å². The number of carbonyl (C=O) groups is 3. The van der Waals surface area contributed by atoms with Gasteiger partial charge in [-0.1, -0.05) is 44.9 Å². The van der Waals surface area contributed by atoms with Crippen molar-refractivity contribution < 1.29 is 19.5 Å². The number of carboxylic acid groups (broad SMARTS) is 1. The number of hydrogen-bond donors (Lipinski definition) is 1. The van der Waals surface area contributed by atoms with Crippen molar-refractivity contribution in [3.63, 3.8) is 0 Å². The normalized spacial score (nSPS) is 18.7. The molecule has 23 heavy (non-hydrogen) atoms. The monoisotopic (exact) mass is 322 g/mol. The number of hydrogen-bond acceptors (Lipinski definition) is 3. The molecular weight excluding hydrogens is 292 g/mol. The van der Waals surface area contributed by atoms with Crippen molar-refractivity contribution in [3.8, 4) is 0 Å². The predicted octanol–water partition coefficient (Wildman–Crippen LogP) is 4.47. The van der Waals surface area contributed by atoms with E-state index in [9.17, 15) is 14.4 Å². The summed E-state index contributed by atoms with van der Waals surface area (Å²) in [5.74, 6) is -0.169. The Morgan fingerprint density at radius 2 is 1.48 bits per heavy atom. The molecular formula is C19H30O4. The summed E-state index contributed by atoms with van der Waals surface area (Å²) < 4.78 is 0. The van der Waals surface area contributed by atoms with Gasteiger partial charge in [-0.05, 0) is 37.3 Å². The van der Waals surface area contributed by atoms with Crippen LogP contribution in [0.5, 0.6) is 0 Å². The van der Waals surface area contributed by atoms with Crippen LogP contribution in [0.25, 0.3) is 0 Å². The van der Waals surface area contributed by atoms with Gasteiger partial charge in [0.1, 0.15) is 0 Å². The first kappa shape index (κ1) is 19.6. The van der Waals surface area contributed by atoms with Gasteiger partial charge in [0.05, 0.1) is 0 Å². The molecule has 0 saturated heterocycles. The Bertz CT molecular complexity index is 412. The maximum atomic E-state index is 11.6. The minimum Gasteiger partial charge on any atom is -0.481 e. The van der Waals surface area contributed by atoms with Gasteiger partial charge in [-0.15, -0.1) is 0 Å². The molecule has 0 aromatic carbocycles. The van der Waals surface area contributed by atoms with Gasteiger partial charge in [0.25, 0.3) is 0 Å². The lowest BCUT2D eigenvalue weighted by Crippen LogP contribution is -2.12. The van der Waals surface area contributed by atoms with Crippen molar-refractivity contribution in [1.29, 1.82) is 0 Å². The van der Waals surface area contributed by atoms with Gasteiger partial charge in [-0.2, -0.15) is 0 Å². The molecule has 0 aliphatic heterocycles. The molecule has 0 aromatic heterocycles. The summed E-state index contributed by atoms with van der Waals surface area (Å²) in [6, 6.07) is 0. The first-order chi connectivity index (χ1) is 11.1. The summed E-state index contributed by atoms with van der Waals surface area (Å²) in [4.78, 5) is 33.4. The Hall–Kier alpha value is -1.45. The Morgan fingerprint density at radius 3 is 2.13 bits per heavy atom. The fourth-order valence-electron chi connectivity index (χ4n) is 3.09. The fourth-order valence-corrected chi connectivity index (χ4v) is 3.09. The summed E-state index contributed by atoms with van der Waals surface area (Å²) in [5, 5.41) is 8.54. The first-order valence-electron chi connectivity index (χ1n) is 9.03. The second-order valence-corrected chi connectivity index (χ2v) is 6.64. The van der Waals surface area contributed by atoms with Crippen LogP contribution in [0.3, 0.4) is 0 Å². The summed E-state index contributed by atoms with van der Waals surface area (Å²) in [6.07, 6.45) is 15.1. The molecule has 4 nitrogen and oxygen atoms in total. The van der Waals surface area contributed by atoms with Crippen LogP contribution >= 0.6 is 0 Å². The van der Waals surface area contributed by atoms with Gasteiger partial charge in [0, 0.05) is 19.3 Å². The van der Waals surface area contributed by atoms with E-state index in [1.54, 1.807) is 0 Å². The third kappa shape index (κ3) is 10.8. The molecule has 1 N–H and O–H groups in total. The van der Waals surface area contributed by atoms with Gasteiger partial charge < -0.3 is 5.11 Å². The summed E-state index contributed by atoms with van der Waals surface area (Å²) in [7, 11) is 0.